The van der Waals surface area contributed by atoms with E-state index in [1.54, 1.807) is 0 Å². The van der Waals surface area contributed by atoms with Crippen LogP contribution in [-0.2, 0) is 0 Å². The SMILES string of the molecule is CC1(C)CN(c2ncc(F)cn2)CCN1c1n[nH]c2cc(F)cc(Cl)c12. The topological polar surface area (TPSA) is 60.9 Å². The molecule has 3 heterocycles. The van der Waals surface area contributed by atoms with Gasteiger partial charge in [0.25, 0.3) is 0 Å². The van der Waals surface area contributed by atoms with Crippen molar-refractivity contribution in [3.05, 3.63) is 41.2 Å². The van der Waals surface area contributed by atoms with Crippen molar-refractivity contribution >= 4 is 34.3 Å². The summed E-state index contributed by atoms with van der Waals surface area (Å²) in [6.07, 6.45) is 2.33. The molecule has 0 aliphatic carbocycles. The second-order valence-electron chi connectivity index (χ2n) is 6.94. The third kappa shape index (κ3) is 2.84. The Bertz CT molecular complexity index is 956. The van der Waals surface area contributed by atoms with Crippen LogP contribution in [0.1, 0.15) is 13.8 Å². The molecule has 0 spiro atoms. The summed E-state index contributed by atoms with van der Waals surface area (Å²) in [6.45, 7) is 6.04. The molecule has 1 aliphatic rings. The monoisotopic (exact) mass is 378 g/mol. The summed E-state index contributed by atoms with van der Waals surface area (Å²) in [5.41, 5.74) is 0.237. The number of hydrogen-bond donors (Lipinski definition) is 1. The van der Waals surface area contributed by atoms with E-state index >= 15 is 0 Å². The van der Waals surface area contributed by atoms with E-state index in [9.17, 15) is 8.78 Å². The van der Waals surface area contributed by atoms with Crippen molar-refractivity contribution in [3.8, 4) is 0 Å². The predicted octanol–water partition coefficient (Wildman–Crippen LogP) is 3.39. The Labute approximate surface area is 153 Å². The normalized spacial score (nSPS) is 17.1. The van der Waals surface area contributed by atoms with E-state index < -0.39 is 11.6 Å². The molecular formula is C17H17ClF2N6. The van der Waals surface area contributed by atoms with Gasteiger partial charge in [0.1, 0.15) is 5.82 Å². The van der Waals surface area contributed by atoms with Crippen LogP contribution in [0.3, 0.4) is 0 Å². The highest BCUT2D eigenvalue weighted by atomic mass is 35.5. The standard InChI is InChI=1S/C17H17ClF2N6/c1-17(2)9-25(16-21-7-11(20)8-22-16)3-4-26(17)15-14-12(18)5-10(19)6-13(14)23-24-15/h5-8H,3-4,9H2,1-2H3,(H,23,24). The Kier molecular flexibility index (Phi) is 3.95. The molecule has 0 bridgehead atoms. The second kappa shape index (κ2) is 6.05. The number of nitrogens with zero attached hydrogens (tertiary/aromatic N) is 5. The molecule has 0 atom stereocenters. The number of hydrogen-bond acceptors (Lipinski definition) is 5. The van der Waals surface area contributed by atoms with Crippen molar-refractivity contribution in [2.75, 3.05) is 29.4 Å². The third-order valence-corrected chi connectivity index (χ3v) is 4.91. The molecule has 3 aromatic rings. The molecule has 1 aromatic carbocycles. The van der Waals surface area contributed by atoms with Crippen molar-refractivity contribution in [2.24, 2.45) is 0 Å². The van der Waals surface area contributed by atoms with Crippen LogP contribution in [-0.4, -0.2) is 45.3 Å². The Morgan fingerprint density at radius 3 is 2.54 bits per heavy atom. The number of halogens is 3. The fourth-order valence-corrected chi connectivity index (χ4v) is 3.73. The maximum Gasteiger partial charge on any atom is 0.225 e. The summed E-state index contributed by atoms with van der Waals surface area (Å²) in [5.74, 6) is 0.313. The number of H-pyrrole nitrogens is 1. The van der Waals surface area contributed by atoms with Gasteiger partial charge < -0.3 is 9.80 Å². The van der Waals surface area contributed by atoms with Gasteiger partial charge >= 0.3 is 0 Å². The summed E-state index contributed by atoms with van der Waals surface area (Å²) in [4.78, 5) is 12.3. The van der Waals surface area contributed by atoms with Crippen molar-refractivity contribution in [3.63, 3.8) is 0 Å². The van der Waals surface area contributed by atoms with Crippen LogP contribution < -0.4 is 9.80 Å². The van der Waals surface area contributed by atoms with Crippen molar-refractivity contribution < 1.29 is 8.78 Å². The molecule has 0 amide bonds. The van der Waals surface area contributed by atoms with E-state index in [1.165, 1.54) is 12.1 Å². The highest BCUT2D eigenvalue weighted by Gasteiger charge is 2.37. The molecule has 0 unspecified atom stereocenters. The number of aromatic nitrogens is 4. The second-order valence-corrected chi connectivity index (χ2v) is 7.35. The summed E-state index contributed by atoms with van der Waals surface area (Å²) in [5, 5.41) is 8.26. The molecule has 4 rings (SSSR count). The maximum atomic E-state index is 13.6. The summed E-state index contributed by atoms with van der Waals surface area (Å²) in [6, 6.07) is 2.67. The third-order valence-electron chi connectivity index (χ3n) is 4.61. The number of nitrogens with one attached hydrogen (secondary N) is 1. The zero-order valence-electron chi connectivity index (χ0n) is 14.3. The minimum atomic E-state index is -0.462. The van der Waals surface area contributed by atoms with Gasteiger partial charge in [-0.05, 0) is 26.0 Å². The van der Waals surface area contributed by atoms with E-state index in [2.05, 4.69) is 38.9 Å². The molecule has 9 heteroatoms. The minimum absolute atomic E-state index is 0.323. The summed E-state index contributed by atoms with van der Waals surface area (Å²) in [7, 11) is 0. The fraction of sp³-hybridized carbons (Fsp3) is 0.353. The largest absolute Gasteiger partial charge is 0.346 e. The zero-order chi connectivity index (χ0) is 18.5. The zero-order valence-corrected chi connectivity index (χ0v) is 15.1. The number of piperazine rings is 1. The molecule has 2 aromatic heterocycles. The summed E-state index contributed by atoms with van der Waals surface area (Å²) < 4.78 is 26.6. The molecular weight excluding hydrogens is 362 g/mol. The highest BCUT2D eigenvalue weighted by molar-refractivity contribution is 6.36. The van der Waals surface area contributed by atoms with Gasteiger partial charge in [0, 0.05) is 19.6 Å². The molecule has 6 nitrogen and oxygen atoms in total. The van der Waals surface area contributed by atoms with Crippen LogP contribution in [0.2, 0.25) is 5.02 Å². The minimum Gasteiger partial charge on any atom is -0.346 e. The van der Waals surface area contributed by atoms with Gasteiger partial charge in [-0.25, -0.2) is 18.7 Å². The van der Waals surface area contributed by atoms with E-state index in [0.717, 1.165) is 12.4 Å². The van der Waals surface area contributed by atoms with Crippen LogP contribution in [0.5, 0.6) is 0 Å². The lowest BCUT2D eigenvalue weighted by Gasteiger charge is -2.47. The maximum absolute atomic E-state index is 13.6. The van der Waals surface area contributed by atoms with Crippen LogP contribution in [0, 0.1) is 11.6 Å². The molecule has 1 fully saturated rings. The van der Waals surface area contributed by atoms with Crippen LogP contribution in [0.15, 0.2) is 24.5 Å². The Hall–Kier alpha value is -2.48. The molecule has 0 radical (unpaired) electrons. The number of anilines is 2. The lowest BCUT2D eigenvalue weighted by Crippen LogP contribution is -2.60. The first-order valence-electron chi connectivity index (χ1n) is 8.18. The number of benzene rings is 1. The fourth-order valence-electron chi connectivity index (χ4n) is 3.44. The highest BCUT2D eigenvalue weighted by Crippen LogP contribution is 2.36. The average molecular weight is 379 g/mol. The van der Waals surface area contributed by atoms with Crippen LogP contribution in [0.25, 0.3) is 10.9 Å². The lowest BCUT2D eigenvalue weighted by atomic mass is 9.98. The van der Waals surface area contributed by atoms with E-state index in [4.69, 9.17) is 11.6 Å². The van der Waals surface area contributed by atoms with Gasteiger partial charge in [-0.3, -0.25) is 5.10 Å². The van der Waals surface area contributed by atoms with Crippen molar-refractivity contribution in [2.45, 2.75) is 19.4 Å². The summed E-state index contributed by atoms with van der Waals surface area (Å²) >= 11 is 6.27. The van der Waals surface area contributed by atoms with Crippen molar-refractivity contribution in [1.29, 1.82) is 0 Å². The first-order valence-corrected chi connectivity index (χ1v) is 8.56. The van der Waals surface area contributed by atoms with Gasteiger partial charge in [-0.15, -0.1) is 0 Å². The van der Waals surface area contributed by atoms with Gasteiger partial charge in [0.05, 0.1) is 33.9 Å². The molecule has 1 saturated heterocycles. The van der Waals surface area contributed by atoms with Gasteiger partial charge in [-0.1, -0.05) is 11.6 Å². The Balaban J connectivity index is 1.66. The molecule has 26 heavy (non-hydrogen) atoms. The van der Waals surface area contributed by atoms with E-state index in [0.29, 0.717) is 47.3 Å². The van der Waals surface area contributed by atoms with Crippen LogP contribution in [0.4, 0.5) is 20.5 Å². The van der Waals surface area contributed by atoms with Gasteiger partial charge in [0.15, 0.2) is 11.6 Å². The smallest absolute Gasteiger partial charge is 0.225 e. The molecule has 136 valence electrons. The average Bonchev–Trinajstić information content (AvgIpc) is 2.98. The van der Waals surface area contributed by atoms with E-state index in [1.807, 2.05) is 4.90 Å². The van der Waals surface area contributed by atoms with Gasteiger partial charge in [0.2, 0.25) is 5.95 Å². The lowest BCUT2D eigenvalue weighted by molar-refractivity contribution is 0.408. The number of fused-ring (bicyclic) bond motifs is 1. The predicted molar refractivity (Wildman–Crippen MR) is 96.7 cm³/mol. The first kappa shape index (κ1) is 17.0. The van der Waals surface area contributed by atoms with Crippen molar-refractivity contribution in [1.82, 2.24) is 20.2 Å². The number of rotatable bonds is 2. The molecule has 1 N–H and O–H groups in total. The first-order chi connectivity index (χ1) is 12.3. The molecule has 1 aliphatic heterocycles. The Morgan fingerprint density at radius 1 is 1.12 bits per heavy atom. The van der Waals surface area contributed by atoms with E-state index in [-0.39, 0.29) is 5.54 Å². The quantitative estimate of drug-likeness (QED) is 0.740. The van der Waals surface area contributed by atoms with Crippen LogP contribution >= 0.6 is 11.6 Å². The number of aromatic amines is 1. The molecule has 0 saturated carbocycles. The Morgan fingerprint density at radius 2 is 1.85 bits per heavy atom. The van der Waals surface area contributed by atoms with Gasteiger partial charge in [-0.2, -0.15) is 5.10 Å².